The van der Waals surface area contributed by atoms with Crippen LogP contribution in [0.3, 0.4) is 0 Å². The van der Waals surface area contributed by atoms with Gasteiger partial charge in [0.05, 0.1) is 6.54 Å². The largest absolute Gasteiger partial charge is 0.444 e. The van der Waals surface area contributed by atoms with Crippen LogP contribution in [0.25, 0.3) is 0 Å². The van der Waals surface area contributed by atoms with Crippen LogP contribution in [0.5, 0.6) is 0 Å². The molecule has 2 aromatic rings. The molecule has 4 rings (SSSR count). The highest BCUT2D eigenvalue weighted by Gasteiger charge is 2.46. The van der Waals surface area contributed by atoms with Crippen molar-refractivity contribution in [2.75, 3.05) is 19.6 Å². The maximum Gasteiger partial charge on any atom is 0.410 e. The fourth-order valence-corrected chi connectivity index (χ4v) is 4.72. The topological polar surface area (TPSA) is 49.9 Å². The summed E-state index contributed by atoms with van der Waals surface area (Å²) in [6.45, 7) is 7.17. The fraction of sp³-hybridized carbons (Fsp3) is 0.440. The average Bonchev–Trinajstić information content (AvgIpc) is 3.09. The molecule has 5 nitrogen and oxygen atoms in total. The molecule has 2 fully saturated rings. The Hall–Kier alpha value is -2.66. The number of carbonyl (C=O) groups excluding carboxylic acids is 2. The second kappa shape index (κ2) is 8.23. The van der Waals surface area contributed by atoms with Crippen molar-refractivity contribution in [3.63, 3.8) is 0 Å². The van der Waals surface area contributed by atoms with Crippen molar-refractivity contribution in [2.24, 2.45) is 0 Å². The highest BCUT2D eigenvalue weighted by molar-refractivity contribution is 5.83. The highest BCUT2D eigenvalue weighted by atomic mass is 16.6. The van der Waals surface area contributed by atoms with Gasteiger partial charge in [-0.3, -0.25) is 9.69 Å². The predicted molar refractivity (Wildman–Crippen MR) is 116 cm³/mol. The number of hydrogen-bond donors (Lipinski definition) is 0. The standard InChI is InChI=1S/C25H30N2O3/c1-25(2,3)30-24(29)26-15-20-14-21(28)16-27(20)22(17-26)23(18-10-6-4-7-11-18)19-12-8-5-9-13-19/h4-13,20,22-23H,14-17H2,1-3H3/t20-,22-/m0/s1. The third-order valence-electron chi connectivity index (χ3n) is 5.91. The molecule has 0 aromatic heterocycles. The SMILES string of the molecule is CC(C)(C)OC(=O)N1C[C@@H]2CC(=O)CN2[C@H](C(c2ccccc2)c2ccccc2)C1. The first-order chi connectivity index (χ1) is 14.3. The lowest BCUT2D eigenvalue weighted by atomic mass is 9.82. The van der Waals surface area contributed by atoms with Gasteiger partial charge < -0.3 is 9.64 Å². The average molecular weight is 407 g/mol. The number of piperazine rings is 1. The Labute approximate surface area is 178 Å². The zero-order chi connectivity index (χ0) is 21.3. The van der Waals surface area contributed by atoms with Crippen molar-refractivity contribution in [1.29, 1.82) is 0 Å². The lowest BCUT2D eigenvalue weighted by molar-refractivity contribution is -0.117. The Morgan fingerprint density at radius 3 is 2.07 bits per heavy atom. The van der Waals surface area contributed by atoms with Gasteiger partial charge in [0, 0.05) is 37.5 Å². The molecule has 2 aliphatic rings. The van der Waals surface area contributed by atoms with Crippen LogP contribution >= 0.6 is 0 Å². The van der Waals surface area contributed by atoms with Crippen LogP contribution in [0.15, 0.2) is 60.7 Å². The summed E-state index contributed by atoms with van der Waals surface area (Å²) >= 11 is 0. The van der Waals surface area contributed by atoms with Gasteiger partial charge in [0.1, 0.15) is 11.4 Å². The quantitative estimate of drug-likeness (QED) is 0.771. The third-order valence-corrected chi connectivity index (χ3v) is 5.91. The first kappa shape index (κ1) is 20.6. The molecule has 1 amide bonds. The maximum atomic E-state index is 12.9. The van der Waals surface area contributed by atoms with E-state index in [1.165, 1.54) is 11.1 Å². The first-order valence-corrected chi connectivity index (χ1v) is 10.7. The second-order valence-corrected chi connectivity index (χ2v) is 9.32. The summed E-state index contributed by atoms with van der Waals surface area (Å²) in [6.07, 6.45) is 0.193. The van der Waals surface area contributed by atoms with Crippen molar-refractivity contribution < 1.29 is 14.3 Å². The first-order valence-electron chi connectivity index (χ1n) is 10.7. The van der Waals surface area contributed by atoms with Gasteiger partial charge in [-0.05, 0) is 31.9 Å². The molecule has 0 radical (unpaired) electrons. The van der Waals surface area contributed by atoms with Gasteiger partial charge in [-0.1, -0.05) is 60.7 Å². The fourth-order valence-electron chi connectivity index (χ4n) is 4.72. The van der Waals surface area contributed by atoms with E-state index in [4.69, 9.17) is 4.74 Å². The van der Waals surface area contributed by atoms with Gasteiger partial charge in [-0.2, -0.15) is 0 Å². The van der Waals surface area contributed by atoms with Gasteiger partial charge in [-0.15, -0.1) is 0 Å². The molecule has 2 heterocycles. The molecule has 158 valence electrons. The zero-order valence-electron chi connectivity index (χ0n) is 18.0. The maximum absolute atomic E-state index is 12.9. The van der Waals surface area contributed by atoms with Crippen LogP contribution < -0.4 is 0 Å². The molecule has 0 spiro atoms. The molecule has 30 heavy (non-hydrogen) atoms. The number of carbonyl (C=O) groups is 2. The number of nitrogens with zero attached hydrogens (tertiary/aromatic N) is 2. The van der Waals surface area contributed by atoms with E-state index >= 15 is 0 Å². The van der Waals surface area contributed by atoms with Gasteiger partial charge in [0.2, 0.25) is 0 Å². The van der Waals surface area contributed by atoms with E-state index in [-0.39, 0.29) is 29.9 Å². The van der Waals surface area contributed by atoms with Crippen LogP contribution in [-0.4, -0.2) is 59.0 Å². The third kappa shape index (κ3) is 4.41. The van der Waals surface area contributed by atoms with Crippen LogP contribution in [0.2, 0.25) is 0 Å². The normalized spacial score (nSPS) is 22.3. The zero-order valence-corrected chi connectivity index (χ0v) is 18.0. The number of ether oxygens (including phenoxy) is 1. The van der Waals surface area contributed by atoms with E-state index in [1.807, 2.05) is 57.2 Å². The van der Waals surface area contributed by atoms with E-state index < -0.39 is 5.60 Å². The molecule has 2 aliphatic heterocycles. The van der Waals surface area contributed by atoms with Gasteiger partial charge in [0.25, 0.3) is 0 Å². The summed E-state index contributed by atoms with van der Waals surface area (Å²) < 4.78 is 5.68. The number of rotatable bonds is 3. The number of hydrogen-bond acceptors (Lipinski definition) is 4. The lowest BCUT2D eigenvalue weighted by Gasteiger charge is -2.46. The Morgan fingerprint density at radius 1 is 0.967 bits per heavy atom. The van der Waals surface area contributed by atoms with E-state index in [2.05, 4.69) is 29.2 Å². The Kier molecular flexibility index (Phi) is 5.65. The van der Waals surface area contributed by atoms with Crippen molar-refractivity contribution in [3.05, 3.63) is 71.8 Å². The minimum atomic E-state index is -0.548. The number of Topliss-reactive ketones (excluding diaryl/α,β-unsaturated/α-hetero) is 1. The summed E-state index contributed by atoms with van der Waals surface area (Å²) in [5, 5.41) is 0. The monoisotopic (exact) mass is 406 g/mol. The summed E-state index contributed by atoms with van der Waals surface area (Å²) in [4.78, 5) is 29.4. The smallest absolute Gasteiger partial charge is 0.410 e. The van der Waals surface area contributed by atoms with Crippen LogP contribution in [0.4, 0.5) is 4.79 Å². The van der Waals surface area contributed by atoms with Gasteiger partial charge in [0.15, 0.2) is 0 Å². The molecule has 0 N–H and O–H groups in total. The van der Waals surface area contributed by atoms with Crippen molar-refractivity contribution >= 4 is 11.9 Å². The van der Waals surface area contributed by atoms with Gasteiger partial charge in [-0.25, -0.2) is 4.79 Å². The molecule has 0 saturated carbocycles. The van der Waals surface area contributed by atoms with Crippen LogP contribution in [0.1, 0.15) is 44.2 Å². The summed E-state index contributed by atoms with van der Waals surface area (Å²) in [5.74, 6) is 0.307. The molecular weight excluding hydrogens is 376 g/mol. The molecule has 2 saturated heterocycles. The minimum Gasteiger partial charge on any atom is -0.444 e. The molecule has 0 bridgehead atoms. The number of benzene rings is 2. The highest BCUT2D eigenvalue weighted by Crippen LogP contribution is 2.37. The summed E-state index contributed by atoms with van der Waals surface area (Å²) in [5.41, 5.74) is 1.84. The summed E-state index contributed by atoms with van der Waals surface area (Å²) in [6, 6.07) is 20.8. The molecule has 2 aromatic carbocycles. The molecule has 0 aliphatic carbocycles. The summed E-state index contributed by atoms with van der Waals surface area (Å²) in [7, 11) is 0. The number of ketones is 1. The Morgan fingerprint density at radius 2 is 1.53 bits per heavy atom. The molecule has 5 heteroatoms. The van der Waals surface area contributed by atoms with Gasteiger partial charge >= 0.3 is 6.09 Å². The molecular formula is C25H30N2O3. The lowest BCUT2D eigenvalue weighted by Crippen LogP contribution is -2.60. The Bertz CT molecular complexity index is 852. The van der Waals surface area contributed by atoms with Crippen LogP contribution in [-0.2, 0) is 9.53 Å². The van der Waals surface area contributed by atoms with E-state index in [0.717, 1.165) is 0 Å². The van der Waals surface area contributed by atoms with Crippen molar-refractivity contribution in [1.82, 2.24) is 9.80 Å². The molecule has 0 unspecified atom stereocenters. The Balaban J connectivity index is 1.72. The minimum absolute atomic E-state index is 0.00696. The van der Waals surface area contributed by atoms with Crippen molar-refractivity contribution in [3.8, 4) is 0 Å². The van der Waals surface area contributed by atoms with Crippen molar-refractivity contribution in [2.45, 2.75) is 50.8 Å². The van der Waals surface area contributed by atoms with Crippen LogP contribution in [0, 0.1) is 0 Å². The van der Waals surface area contributed by atoms with E-state index in [9.17, 15) is 9.59 Å². The number of fused-ring (bicyclic) bond motifs is 1. The second-order valence-electron chi connectivity index (χ2n) is 9.32. The van der Waals surface area contributed by atoms with E-state index in [1.54, 1.807) is 4.90 Å². The predicted octanol–water partition coefficient (Wildman–Crippen LogP) is 4.08. The molecule has 2 atom stereocenters. The van der Waals surface area contributed by atoms with E-state index in [0.29, 0.717) is 26.1 Å². The number of amides is 1.